The molecule has 38 heavy (non-hydrogen) atoms. The van der Waals surface area contributed by atoms with Gasteiger partial charge in [-0.15, -0.1) is 0 Å². The lowest BCUT2D eigenvalue weighted by Crippen LogP contribution is -2.33. The first-order chi connectivity index (χ1) is 18.5. The monoisotopic (exact) mass is 570 g/mol. The molecule has 0 spiro atoms. The zero-order chi connectivity index (χ0) is 26.7. The molecule has 0 saturated carbocycles. The summed E-state index contributed by atoms with van der Waals surface area (Å²) in [5, 5.41) is 9.12. The average Bonchev–Trinajstić information content (AvgIpc) is 2.94. The summed E-state index contributed by atoms with van der Waals surface area (Å²) in [5.74, 6) is -1.83. The predicted molar refractivity (Wildman–Crippen MR) is 150 cm³/mol. The first-order valence-electron chi connectivity index (χ1n) is 11.6. The Morgan fingerprint density at radius 1 is 0.763 bits per heavy atom. The fourth-order valence-corrected chi connectivity index (χ4v) is 3.63. The molecule has 4 rings (SSSR count). The van der Waals surface area contributed by atoms with E-state index >= 15 is 0 Å². The molecule has 0 saturated heterocycles. The molecule has 0 unspecified atom stereocenters. The van der Waals surface area contributed by atoms with E-state index in [1.54, 1.807) is 54.6 Å². The normalized spacial score (nSPS) is 10.6. The Labute approximate surface area is 227 Å². The van der Waals surface area contributed by atoms with E-state index in [0.29, 0.717) is 23.6 Å². The summed E-state index contributed by atoms with van der Waals surface area (Å²) in [5.41, 5.74) is 4.80. The van der Waals surface area contributed by atoms with Gasteiger partial charge in [0, 0.05) is 15.7 Å². The van der Waals surface area contributed by atoms with Gasteiger partial charge in [-0.3, -0.25) is 14.4 Å². The molecule has 0 heterocycles. The third-order valence-corrected chi connectivity index (χ3v) is 5.78. The number of hydrogen-bond acceptors (Lipinski definition) is 5. The highest BCUT2D eigenvalue weighted by atomic mass is 79.9. The Kier molecular flexibility index (Phi) is 8.98. The quantitative estimate of drug-likeness (QED) is 0.150. The molecule has 190 valence electrons. The molecule has 4 aromatic rings. The van der Waals surface area contributed by atoms with Gasteiger partial charge in [-0.2, -0.15) is 5.10 Å². The molecule has 9 heteroatoms. The van der Waals surface area contributed by atoms with Crippen LogP contribution in [0.25, 0.3) is 0 Å². The molecule has 0 aromatic heterocycles. The molecule has 3 N–H and O–H groups in total. The second-order valence-electron chi connectivity index (χ2n) is 7.97. The Hall–Kier alpha value is -4.76. The SMILES string of the molecule is O=C(N/N=C\c1ccccc1OCc1ccccc1)C(=O)Nc1ccccc1C(=O)Nc1ccc(Br)cc1. The van der Waals surface area contributed by atoms with Crippen molar-refractivity contribution in [3.8, 4) is 5.75 Å². The molecular weight excluding hydrogens is 548 g/mol. The summed E-state index contributed by atoms with van der Waals surface area (Å²) in [6.07, 6.45) is 1.39. The van der Waals surface area contributed by atoms with Crippen molar-refractivity contribution >= 4 is 51.2 Å². The fraction of sp³-hybridized carbons (Fsp3) is 0.0345. The van der Waals surface area contributed by atoms with E-state index in [1.807, 2.05) is 42.5 Å². The molecule has 0 fully saturated rings. The third kappa shape index (κ3) is 7.37. The molecule has 0 radical (unpaired) electrons. The summed E-state index contributed by atoms with van der Waals surface area (Å²) in [4.78, 5) is 37.6. The second-order valence-corrected chi connectivity index (χ2v) is 8.89. The Morgan fingerprint density at radius 3 is 2.24 bits per heavy atom. The highest BCUT2D eigenvalue weighted by Crippen LogP contribution is 2.20. The van der Waals surface area contributed by atoms with Crippen molar-refractivity contribution in [2.75, 3.05) is 10.6 Å². The number of halogens is 1. The molecule has 3 amide bonds. The van der Waals surface area contributed by atoms with Gasteiger partial charge in [0.05, 0.1) is 17.5 Å². The predicted octanol–water partition coefficient (Wildman–Crippen LogP) is 5.37. The number of benzene rings is 4. The van der Waals surface area contributed by atoms with E-state index in [9.17, 15) is 14.4 Å². The maximum absolute atomic E-state index is 12.8. The highest BCUT2D eigenvalue weighted by molar-refractivity contribution is 9.10. The number of hydrogen-bond donors (Lipinski definition) is 3. The van der Waals surface area contributed by atoms with E-state index in [4.69, 9.17) is 4.74 Å². The summed E-state index contributed by atoms with van der Waals surface area (Å²) in [6.45, 7) is 0.370. The zero-order valence-electron chi connectivity index (χ0n) is 20.1. The van der Waals surface area contributed by atoms with Gasteiger partial charge in [-0.25, -0.2) is 5.43 Å². The molecular formula is C29H23BrN4O4. The van der Waals surface area contributed by atoms with Crippen molar-refractivity contribution in [1.82, 2.24) is 5.43 Å². The number of anilines is 2. The molecule has 0 atom stereocenters. The van der Waals surface area contributed by atoms with Crippen molar-refractivity contribution in [1.29, 1.82) is 0 Å². The van der Waals surface area contributed by atoms with E-state index in [-0.39, 0.29) is 11.3 Å². The van der Waals surface area contributed by atoms with Crippen LogP contribution in [0.2, 0.25) is 0 Å². The Morgan fingerprint density at radius 2 is 1.45 bits per heavy atom. The summed E-state index contributed by atoms with van der Waals surface area (Å²) >= 11 is 3.34. The number of carbonyl (C=O) groups is 3. The lowest BCUT2D eigenvalue weighted by molar-refractivity contribution is -0.136. The molecule has 8 nitrogen and oxygen atoms in total. The van der Waals surface area contributed by atoms with Gasteiger partial charge in [-0.05, 0) is 54.1 Å². The van der Waals surface area contributed by atoms with Gasteiger partial charge < -0.3 is 15.4 Å². The van der Waals surface area contributed by atoms with Crippen LogP contribution in [0.5, 0.6) is 5.75 Å². The highest BCUT2D eigenvalue weighted by Gasteiger charge is 2.18. The first-order valence-corrected chi connectivity index (χ1v) is 12.3. The van der Waals surface area contributed by atoms with E-state index in [0.717, 1.165) is 10.0 Å². The van der Waals surface area contributed by atoms with Gasteiger partial charge >= 0.3 is 11.8 Å². The van der Waals surface area contributed by atoms with Gasteiger partial charge in [-0.1, -0.05) is 70.5 Å². The number of rotatable bonds is 8. The van der Waals surface area contributed by atoms with Crippen LogP contribution in [0.15, 0.2) is 113 Å². The van der Waals surface area contributed by atoms with Gasteiger partial charge in [0.25, 0.3) is 5.91 Å². The molecule has 0 aliphatic rings. The Balaban J connectivity index is 1.35. The minimum Gasteiger partial charge on any atom is -0.488 e. The van der Waals surface area contributed by atoms with Gasteiger partial charge in [0.2, 0.25) is 0 Å². The van der Waals surface area contributed by atoms with Crippen molar-refractivity contribution in [3.63, 3.8) is 0 Å². The lowest BCUT2D eigenvalue weighted by atomic mass is 10.1. The zero-order valence-corrected chi connectivity index (χ0v) is 21.6. The molecule has 0 aliphatic heterocycles. The fourth-order valence-electron chi connectivity index (χ4n) is 3.37. The first kappa shape index (κ1) is 26.3. The second kappa shape index (κ2) is 13.0. The Bertz CT molecular complexity index is 1460. The smallest absolute Gasteiger partial charge is 0.329 e. The largest absolute Gasteiger partial charge is 0.488 e. The van der Waals surface area contributed by atoms with Crippen LogP contribution in [0.4, 0.5) is 11.4 Å². The van der Waals surface area contributed by atoms with Crippen LogP contribution in [0.3, 0.4) is 0 Å². The molecule has 0 bridgehead atoms. The van der Waals surface area contributed by atoms with E-state index < -0.39 is 17.7 Å². The van der Waals surface area contributed by atoms with Gasteiger partial charge in [0.1, 0.15) is 12.4 Å². The number of carbonyl (C=O) groups excluding carboxylic acids is 3. The van der Waals surface area contributed by atoms with Crippen LogP contribution in [0.1, 0.15) is 21.5 Å². The number of para-hydroxylation sites is 2. The minimum absolute atomic E-state index is 0.186. The van der Waals surface area contributed by atoms with Crippen LogP contribution < -0.4 is 20.8 Å². The van der Waals surface area contributed by atoms with E-state index in [1.165, 1.54) is 12.3 Å². The topological polar surface area (TPSA) is 109 Å². The number of amides is 3. The van der Waals surface area contributed by atoms with Gasteiger partial charge in [0.15, 0.2) is 0 Å². The number of ether oxygens (including phenoxy) is 1. The van der Waals surface area contributed by atoms with Crippen LogP contribution >= 0.6 is 15.9 Å². The number of nitrogens with one attached hydrogen (secondary N) is 3. The summed E-state index contributed by atoms with van der Waals surface area (Å²) in [7, 11) is 0. The minimum atomic E-state index is -0.993. The van der Waals surface area contributed by atoms with Crippen LogP contribution in [0, 0.1) is 0 Å². The average molecular weight is 571 g/mol. The summed E-state index contributed by atoms with van der Waals surface area (Å²) in [6, 6.07) is 30.3. The van der Waals surface area contributed by atoms with Crippen molar-refractivity contribution in [2.45, 2.75) is 6.61 Å². The number of nitrogens with zero attached hydrogens (tertiary/aromatic N) is 1. The number of hydrazone groups is 1. The molecule has 4 aromatic carbocycles. The van der Waals surface area contributed by atoms with E-state index in [2.05, 4.69) is 37.1 Å². The van der Waals surface area contributed by atoms with Crippen LogP contribution in [-0.2, 0) is 16.2 Å². The summed E-state index contributed by atoms with van der Waals surface area (Å²) < 4.78 is 6.74. The lowest BCUT2D eigenvalue weighted by Gasteiger charge is -2.11. The maximum atomic E-state index is 12.8. The standard InChI is InChI=1S/C29H23BrN4O4/c30-22-14-16-23(17-15-22)32-27(35)24-11-5-6-12-25(24)33-28(36)29(37)34-31-18-21-10-4-7-13-26(21)38-19-20-8-2-1-3-9-20/h1-18H,19H2,(H,32,35)(H,33,36)(H,34,37)/b31-18-. The van der Waals surface area contributed by atoms with Crippen molar-refractivity contribution in [3.05, 3.63) is 124 Å². The maximum Gasteiger partial charge on any atom is 0.329 e. The third-order valence-electron chi connectivity index (χ3n) is 5.25. The van der Waals surface area contributed by atoms with Crippen molar-refractivity contribution < 1.29 is 19.1 Å². The van der Waals surface area contributed by atoms with Crippen molar-refractivity contribution in [2.24, 2.45) is 5.10 Å². The van der Waals surface area contributed by atoms with Crippen LogP contribution in [-0.4, -0.2) is 23.9 Å². The molecule has 0 aliphatic carbocycles.